The molecule has 5 nitrogen and oxygen atoms in total. The number of hydrogen-bond acceptors (Lipinski definition) is 5. The average Bonchev–Trinajstić information content (AvgIpc) is 3.16. The molecule has 0 radical (unpaired) electrons. The highest BCUT2D eigenvalue weighted by Gasteiger charge is 2.43. The van der Waals surface area contributed by atoms with Gasteiger partial charge in [0.2, 0.25) is 5.89 Å². The molecule has 2 fully saturated rings. The van der Waals surface area contributed by atoms with Gasteiger partial charge in [0.15, 0.2) is 5.82 Å². The van der Waals surface area contributed by atoms with Crippen molar-refractivity contribution in [1.82, 2.24) is 10.1 Å². The summed E-state index contributed by atoms with van der Waals surface area (Å²) in [5, 5.41) is 13.9. The molecule has 2 aliphatic rings. The lowest BCUT2D eigenvalue weighted by Crippen LogP contribution is -2.31. The zero-order valence-corrected chi connectivity index (χ0v) is 13.8. The summed E-state index contributed by atoms with van der Waals surface area (Å²) in [6.45, 7) is 7.26. The van der Waals surface area contributed by atoms with Crippen LogP contribution >= 0.6 is 0 Å². The topological polar surface area (TPSA) is 71.9 Å². The summed E-state index contributed by atoms with van der Waals surface area (Å²) in [4.78, 5) is 4.64. The van der Waals surface area contributed by atoms with Crippen molar-refractivity contribution in [3.8, 4) is 6.07 Å². The van der Waals surface area contributed by atoms with Crippen LogP contribution in [0.4, 0.5) is 0 Å². The molecule has 0 amide bonds. The van der Waals surface area contributed by atoms with Gasteiger partial charge in [0.05, 0.1) is 18.1 Å². The summed E-state index contributed by atoms with van der Waals surface area (Å²) in [5.41, 5.74) is -0.528. The number of nitrogens with zero attached hydrogens (tertiary/aromatic N) is 3. The molecule has 1 aromatic rings. The highest BCUT2D eigenvalue weighted by Crippen LogP contribution is 2.42. The maximum absolute atomic E-state index is 9.65. The summed E-state index contributed by atoms with van der Waals surface area (Å²) in [6, 6.07) is 2.45. The molecule has 0 spiro atoms. The first-order valence-electron chi connectivity index (χ1n) is 8.33. The van der Waals surface area contributed by atoms with E-state index in [9.17, 15) is 5.26 Å². The van der Waals surface area contributed by atoms with Crippen molar-refractivity contribution in [2.45, 2.75) is 76.7 Å². The number of rotatable bonds is 2. The second-order valence-electron chi connectivity index (χ2n) is 7.76. The minimum absolute atomic E-state index is 0.0414. The number of aromatic nitrogens is 2. The van der Waals surface area contributed by atoms with E-state index in [-0.39, 0.29) is 17.4 Å². The minimum atomic E-state index is -0.569. The first kappa shape index (κ1) is 15.5. The molecule has 3 rings (SSSR count). The monoisotopic (exact) mass is 303 g/mol. The fourth-order valence-corrected chi connectivity index (χ4v) is 3.82. The lowest BCUT2D eigenvalue weighted by Gasteiger charge is -2.29. The number of nitriles is 1. The molecule has 120 valence electrons. The standard InChI is InChI=1S/C17H25N3O2/c1-16(2,3)13-12(7-10-21-13)14-19-15(22-20-14)17(11-18)8-5-4-6-9-17/h12-13H,4-10H2,1-3H3/t12-,13-/m0/s1. The van der Waals surface area contributed by atoms with Crippen LogP contribution in [0.25, 0.3) is 0 Å². The smallest absolute Gasteiger partial charge is 0.247 e. The zero-order valence-electron chi connectivity index (χ0n) is 13.8. The molecule has 1 saturated carbocycles. The van der Waals surface area contributed by atoms with Crippen molar-refractivity contribution in [1.29, 1.82) is 5.26 Å². The van der Waals surface area contributed by atoms with Crippen molar-refractivity contribution in [3.05, 3.63) is 11.7 Å². The summed E-state index contributed by atoms with van der Waals surface area (Å²) in [7, 11) is 0. The molecule has 1 aromatic heterocycles. The quantitative estimate of drug-likeness (QED) is 0.832. The van der Waals surface area contributed by atoms with Crippen LogP contribution < -0.4 is 0 Å². The second kappa shape index (κ2) is 5.66. The first-order valence-corrected chi connectivity index (χ1v) is 8.33. The van der Waals surface area contributed by atoms with Gasteiger partial charge >= 0.3 is 0 Å². The fraction of sp³-hybridized carbons (Fsp3) is 0.824. The van der Waals surface area contributed by atoms with Gasteiger partial charge in [-0.2, -0.15) is 10.2 Å². The Morgan fingerprint density at radius 1 is 1.23 bits per heavy atom. The summed E-state index contributed by atoms with van der Waals surface area (Å²) >= 11 is 0. The van der Waals surface area contributed by atoms with E-state index < -0.39 is 5.41 Å². The molecule has 1 saturated heterocycles. The molecule has 22 heavy (non-hydrogen) atoms. The van der Waals surface area contributed by atoms with Gasteiger partial charge in [-0.05, 0) is 24.7 Å². The predicted molar refractivity (Wildman–Crippen MR) is 81.2 cm³/mol. The maximum Gasteiger partial charge on any atom is 0.247 e. The van der Waals surface area contributed by atoms with E-state index >= 15 is 0 Å². The van der Waals surface area contributed by atoms with Crippen molar-refractivity contribution in [3.63, 3.8) is 0 Å². The van der Waals surface area contributed by atoms with Gasteiger partial charge in [0.25, 0.3) is 0 Å². The van der Waals surface area contributed by atoms with E-state index in [4.69, 9.17) is 9.26 Å². The van der Waals surface area contributed by atoms with Crippen LogP contribution in [0.1, 0.15) is 76.9 Å². The highest BCUT2D eigenvalue weighted by atomic mass is 16.5. The maximum atomic E-state index is 9.65. The normalized spacial score (nSPS) is 28.5. The Bertz CT molecular complexity index is 561. The second-order valence-corrected chi connectivity index (χ2v) is 7.76. The third-order valence-electron chi connectivity index (χ3n) is 5.05. The molecule has 0 unspecified atom stereocenters. The van der Waals surface area contributed by atoms with Crippen LogP contribution in [-0.2, 0) is 10.2 Å². The number of ether oxygens (including phenoxy) is 1. The van der Waals surface area contributed by atoms with E-state index in [1.807, 2.05) is 0 Å². The minimum Gasteiger partial charge on any atom is -0.377 e. The lowest BCUT2D eigenvalue weighted by atomic mass is 9.75. The van der Waals surface area contributed by atoms with E-state index in [1.54, 1.807) is 0 Å². The first-order chi connectivity index (χ1) is 10.5. The Labute approximate surface area is 132 Å². The van der Waals surface area contributed by atoms with E-state index in [0.717, 1.165) is 38.7 Å². The van der Waals surface area contributed by atoms with Gasteiger partial charge < -0.3 is 9.26 Å². The largest absolute Gasteiger partial charge is 0.377 e. The molecular formula is C17H25N3O2. The Morgan fingerprint density at radius 2 is 1.95 bits per heavy atom. The Kier molecular flexibility index (Phi) is 3.98. The summed E-state index contributed by atoms with van der Waals surface area (Å²) in [5.74, 6) is 1.40. The van der Waals surface area contributed by atoms with Crippen molar-refractivity contribution in [2.75, 3.05) is 6.61 Å². The lowest BCUT2D eigenvalue weighted by molar-refractivity contribution is 0.0193. The molecule has 2 atom stereocenters. The molecule has 0 N–H and O–H groups in total. The van der Waals surface area contributed by atoms with Crippen molar-refractivity contribution >= 4 is 0 Å². The molecule has 1 aliphatic carbocycles. The molecule has 5 heteroatoms. The van der Waals surface area contributed by atoms with Gasteiger partial charge in [-0.15, -0.1) is 0 Å². The van der Waals surface area contributed by atoms with Crippen LogP contribution in [0.5, 0.6) is 0 Å². The fourth-order valence-electron chi connectivity index (χ4n) is 3.82. The van der Waals surface area contributed by atoms with Gasteiger partial charge in [-0.1, -0.05) is 45.2 Å². The predicted octanol–water partition coefficient (Wildman–Crippen LogP) is 3.71. The van der Waals surface area contributed by atoms with Crippen molar-refractivity contribution < 1.29 is 9.26 Å². The van der Waals surface area contributed by atoms with Crippen LogP contribution in [0, 0.1) is 16.7 Å². The van der Waals surface area contributed by atoms with Gasteiger partial charge in [0.1, 0.15) is 5.41 Å². The third-order valence-corrected chi connectivity index (χ3v) is 5.05. The molecule has 0 bridgehead atoms. The average molecular weight is 303 g/mol. The van der Waals surface area contributed by atoms with E-state index in [1.165, 1.54) is 6.42 Å². The van der Waals surface area contributed by atoms with Gasteiger partial charge in [0, 0.05) is 6.61 Å². The van der Waals surface area contributed by atoms with Crippen LogP contribution in [0.3, 0.4) is 0 Å². The van der Waals surface area contributed by atoms with Crippen LogP contribution in [0.2, 0.25) is 0 Å². The number of hydrogen-bond donors (Lipinski definition) is 0. The Balaban J connectivity index is 1.86. The zero-order chi connectivity index (χ0) is 15.8. The van der Waals surface area contributed by atoms with Gasteiger partial charge in [-0.3, -0.25) is 0 Å². The summed E-state index contributed by atoms with van der Waals surface area (Å²) < 4.78 is 11.4. The SMILES string of the molecule is CC(C)(C)[C@H]1OCC[C@@H]1c1noc(C2(C#N)CCCCC2)n1. The van der Waals surface area contributed by atoms with Crippen LogP contribution in [-0.4, -0.2) is 22.9 Å². The third kappa shape index (κ3) is 2.65. The van der Waals surface area contributed by atoms with E-state index in [0.29, 0.717) is 11.7 Å². The molecule has 1 aliphatic heterocycles. The highest BCUT2D eigenvalue weighted by molar-refractivity contribution is 5.20. The van der Waals surface area contributed by atoms with Crippen molar-refractivity contribution in [2.24, 2.45) is 5.41 Å². The Hall–Kier alpha value is -1.41. The van der Waals surface area contributed by atoms with Crippen LogP contribution in [0.15, 0.2) is 4.52 Å². The van der Waals surface area contributed by atoms with Gasteiger partial charge in [-0.25, -0.2) is 0 Å². The summed E-state index contributed by atoms with van der Waals surface area (Å²) in [6.07, 6.45) is 5.98. The molecular weight excluding hydrogens is 278 g/mol. The Morgan fingerprint density at radius 3 is 2.59 bits per heavy atom. The van der Waals surface area contributed by atoms with E-state index in [2.05, 4.69) is 37.0 Å². The molecule has 2 heterocycles. The molecule has 0 aromatic carbocycles.